The molecule has 3 rings (SSSR count). The highest BCUT2D eigenvalue weighted by Crippen LogP contribution is 2.33. The second kappa shape index (κ2) is 48.8. The van der Waals surface area contributed by atoms with Gasteiger partial charge in [0.1, 0.15) is 73.2 Å². The molecule has 0 radical (unpaired) electrons. The van der Waals surface area contributed by atoms with E-state index in [1.54, 1.807) is 6.08 Å². The number of rotatable bonds is 48. The highest BCUT2D eigenvalue weighted by molar-refractivity contribution is 5.76. The van der Waals surface area contributed by atoms with Crippen molar-refractivity contribution in [2.75, 3.05) is 26.4 Å². The molecule has 0 bridgehead atoms. The lowest BCUT2D eigenvalue weighted by Crippen LogP contribution is -2.66. The Labute approximate surface area is 514 Å². The third kappa shape index (κ3) is 31.1. The first kappa shape index (κ1) is 77.2. The van der Waals surface area contributed by atoms with E-state index in [0.29, 0.717) is 6.42 Å². The highest BCUT2D eigenvalue weighted by Gasteiger charge is 2.53. The summed E-state index contributed by atoms with van der Waals surface area (Å²) in [5, 5.41) is 120. The van der Waals surface area contributed by atoms with E-state index in [0.717, 1.165) is 96.3 Å². The second-order valence-electron chi connectivity index (χ2n) is 23.2. The van der Waals surface area contributed by atoms with Crippen molar-refractivity contribution in [3.05, 3.63) is 85.1 Å². The Hall–Kier alpha value is -3.03. The molecule has 0 aromatic heterocycles. The standard InChI is InChI=1S/C67H115NO18/c1-3-5-7-9-11-13-15-16-17-18-19-20-21-22-23-24-25-26-27-28-29-30-31-32-33-34-35-37-39-41-43-45-55(73)68-50(51(72)44-42-40-38-36-14-12-10-8-6-4-2)49-81-65-61(79)58(76)63(53(47-70)83-65)86-67-62(80)59(77)64(54(48-71)84-67)85-66-60(78)57(75)56(74)52(46-69)82-66/h5,7,11,13,16-17,19-20,22-23,25-26,42,44,50-54,56-67,69-72,74-80H,3-4,6,8-10,12,14-15,18,21,24,27-41,43,45-49H2,1-2H3,(H,68,73)/b7-5-,13-11-,17-16-,20-19-,23-22-,26-25-,44-42+. The van der Waals surface area contributed by atoms with Crippen LogP contribution in [0.2, 0.25) is 0 Å². The third-order valence-corrected chi connectivity index (χ3v) is 15.9. The summed E-state index contributed by atoms with van der Waals surface area (Å²) in [4.78, 5) is 13.3. The lowest BCUT2D eigenvalue weighted by atomic mass is 9.96. The quantitative estimate of drug-likeness (QED) is 0.0207. The van der Waals surface area contributed by atoms with Crippen molar-refractivity contribution in [2.24, 2.45) is 0 Å². The number of carbonyl (C=O) groups excluding carboxylic acids is 1. The van der Waals surface area contributed by atoms with Crippen LogP contribution in [0.1, 0.15) is 200 Å². The van der Waals surface area contributed by atoms with Crippen molar-refractivity contribution in [3.63, 3.8) is 0 Å². The van der Waals surface area contributed by atoms with Crippen molar-refractivity contribution in [3.8, 4) is 0 Å². The fourth-order valence-electron chi connectivity index (χ4n) is 10.6. The SMILES string of the molecule is CC/C=C\C/C=C\C/C=C\C/C=C\C/C=C\C/C=C\CCCCCCCCCCCCCCC(=O)NC(COC1OC(CO)C(OC2OC(CO)C(OC3OC(CO)C(O)C(O)C3O)C(O)C2O)C(O)C1O)C(O)/C=C/CCCCCCCCCC. The van der Waals surface area contributed by atoms with E-state index in [9.17, 15) is 61.0 Å². The number of hydrogen-bond acceptors (Lipinski definition) is 18. The summed E-state index contributed by atoms with van der Waals surface area (Å²) in [6, 6.07) is -0.977. The van der Waals surface area contributed by atoms with Gasteiger partial charge in [-0.2, -0.15) is 0 Å². The normalized spacial score (nSPS) is 29.3. The first-order chi connectivity index (χ1) is 41.8. The lowest BCUT2D eigenvalue weighted by molar-refractivity contribution is -0.379. The molecule has 0 aliphatic carbocycles. The van der Waals surface area contributed by atoms with Gasteiger partial charge < -0.3 is 89.9 Å². The molecule has 3 heterocycles. The minimum absolute atomic E-state index is 0.236. The summed E-state index contributed by atoms with van der Waals surface area (Å²) < 4.78 is 34.2. The number of aliphatic hydroxyl groups excluding tert-OH is 11. The first-order valence-electron chi connectivity index (χ1n) is 32.8. The molecular formula is C67H115NO18. The van der Waals surface area contributed by atoms with Gasteiger partial charge in [0.25, 0.3) is 0 Å². The average Bonchev–Trinajstić information content (AvgIpc) is 1.89. The summed E-state index contributed by atoms with van der Waals surface area (Å²) >= 11 is 0. The van der Waals surface area contributed by atoms with Crippen molar-refractivity contribution in [1.29, 1.82) is 0 Å². The van der Waals surface area contributed by atoms with Crippen LogP contribution >= 0.6 is 0 Å². The topological polar surface area (TPSA) is 307 Å². The largest absolute Gasteiger partial charge is 0.394 e. The molecule has 0 saturated carbocycles. The Kier molecular flexibility index (Phi) is 43.8. The molecule has 3 saturated heterocycles. The van der Waals surface area contributed by atoms with E-state index in [4.69, 9.17) is 28.4 Å². The Morgan fingerprint density at radius 3 is 1.26 bits per heavy atom. The predicted octanol–water partition coefficient (Wildman–Crippen LogP) is 7.54. The first-order valence-corrected chi connectivity index (χ1v) is 32.8. The van der Waals surface area contributed by atoms with Gasteiger partial charge in [0, 0.05) is 6.42 Å². The molecule has 12 N–H and O–H groups in total. The van der Waals surface area contributed by atoms with Crippen LogP contribution in [0.5, 0.6) is 0 Å². The van der Waals surface area contributed by atoms with Gasteiger partial charge in [0.2, 0.25) is 5.91 Å². The van der Waals surface area contributed by atoms with E-state index in [1.165, 1.54) is 77.0 Å². The number of aliphatic hydroxyl groups is 11. The Morgan fingerprint density at radius 1 is 0.430 bits per heavy atom. The van der Waals surface area contributed by atoms with Crippen LogP contribution in [0.25, 0.3) is 0 Å². The molecule has 17 unspecified atom stereocenters. The van der Waals surface area contributed by atoms with Crippen LogP contribution < -0.4 is 5.32 Å². The average molecular weight is 1220 g/mol. The van der Waals surface area contributed by atoms with Crippen LogP contribution in [0.4, 0.5) is 0 Å². The highest BCUT2D eigenvalue weighted by atomic mass is 16.8. The summed E-state index contributed by atoms with van der Waals surface area (Å²) in [5.74, 6) is -0.284. The number of carbonyl (C=O) groups is 1. The van der Waals surface area contributed by atoms with Gasteiger partial charge >= 0.3 is 0 Å². The summed E-state index contributed by atoms with van der Waals surface area (Å²) in [6.07, 6.45) is 34.4. The molecule has 0 aromatic carbocycles. The van der Waals surface area contributed by atoms with Crippen LogP contribution in [-0.4, -0.2) is 193 Å². The van der Waals surface area contributed by atoms with Crippen LogP contribution in [0.3, 0.4) is 0 Å². The smallest absolute Gasteiger partial charge is 0.220 e. The maximum Gasteiger partial charge on any atom is 0.220 e. The zero-order chi connectivity index (χ0) is 62.6. The monoisotopic (exact) mass is 1220 g/mol. The molecule has 19 nitrogen and oxygen atoms in total. The van der Waals surface area contributed by atoms with Gasteiger partial charge in [-0.05, 0) is 70.6 Å². The zero-order valence-electron chi connectivity index (χ0n) is 52.0. The number of amides is 1. The number of ether oxygens (including phenoxy) is 6. The van der Waals surface area contributed by atoms with Gasteiger partial charge in [-0.15, -0.1) is 0 Å². The molecular weight excluding hydrogens is 1110 g/mol. The fourth-order valence-corrected chi connectivity index (χ4v) is 10.6. The fraction of sp³-hybridized carbons (Fsp3) is 0.776. The predicted molar refractivity (Wildman–Crippen MR) is 332 cm³/mol. The van der Waals surface area contributed by atoms with Crippen molar-refractivity contribution in [1.82, 2.24) is 5.32 Å². The van der Waals surface area contributed by atoms with Gasteiger partial charge in [-0.3, -0.25) is 4.79 Å². The van der Waals surface area contributed by atoms with E-state index in [-0.39, 0.29) is 18.9 Å². The van der Waals surface area contributed by atoms with E-state index < -0.39 is 124 Å². The molecule has 3 aliphatic heterocycles. The molecule has 0 spiro atoms. The number of unbranched alkanes of at least 4 members (excludes halogenated alkanes) is 20. The zero-order valence-corrected chi connectivity index (χ0v) is 52.0. The molecule has 1 amide bonds. The Balaban J connectivity index is 1.37. The maximum atomic E-state index is 13.3. The van der Waals surface area contributed by atoms with Crippen molar-refractivity contribution < 1.29 is 89.4 Å². The molecule has 0 aromatic rings. The molecule has 86 heavy (non-hydrogen) atoms. The third-order valence-electron chi connectivity index (χ3n) is 15.9. The molecule has 3 fully saturated rings. The second-order valence-corrected chi connectivity index (χ2v) is 23.2. The molecule has 17 atom stereocenters. The van der Waals surface area contributed by atoms with Crippen LogP contribution in [-0.2, 0) is 33.2 Å². The van der Waals surface area contributed by atoms with E-state index >= 15 is 0 Å². The minimum atomic E-state index is -1.98. The lowest BCUT2D eigenvalue weighted by Gasteiger charge is -2.48. The number of nitrogens with one attached hydrogen (secondary N) is 1. The molecule has 496 valence electrons. The van der Waals surface area contributed by atoms with Gasteiger partial charge in [-0.25, -0.2) is 0 Å². The van der Waals surface area contributed by atoms with Crippen LogP contribution in [0, 0.1) is 0 Å². The van der Waals surface area contributed by atoms with E-state index in [2.05, 4.69) is 92.1 Å². The summed E-state index contributed by atoms with van der Waals surface area (Å²) in [6.45, 7) is 1.56. The van der Waals surface area contributed by atoms with Crippen molar-refractivity contribution in [2.45, 2.75) is 304 Å². The molecule has 3 aliphatic rings. The molecule has 19 heteroatoms. The minimum Gasteiger partial charge on any atom is -0.394 e. The van der Waals surface area contributed by atoms with Gasteiger partial charge in [-0.1, -0.05) is 208 Å². The Morgan fingerprint density at radius 2 is 0.802 bits per heavy atom. The maximum absolute atomic E-state index is 13.3. The number of allylic oxidation sites excluding steroid dienone is 13. The van der Waals surface area contributed by atoms with Crippen molar-refractivity contribution >= 4 is 5.91 Å². The van der Waals surface area contributed by atoms with Gasteiger partial charge in [0.05, 0.1) is 38.6 Å². The number of hydrogen-bond donors (Lipinski definition) is 12. The summed E-state index contributed by atoms with van der Waals surface area (Å²) in [7, 11) is 0. The van der Waals surface area contributed by atoms with E-state index in [1.807, 2.05) is 6.08 Å². The Bertz CT molecular complexity index is 1890. The van der Waals surface area contributed by atoms with Gasteiger partial charge in [0.15, 0.2) is 18.9 Å². The summed E-state index contributed by atoms with van der Waals surface area (Å²) in [5.41, 5.74) is 0. The van der Waals surface area contributed by atoms with Crippen LogP contribution in [0.15, 0.2) is 85.1 Å².